The molecule has 2 atom stereocenters. The topological polar surface area (TPSA) is 69.0 Å². The first kappa shape index (κ1) is 17.4. The number of benzene rings is 2. The molecule has 2 aromatic carbocycles. The van der Waals surface area contributed by atoms with Gasteiger partial charge in [-0.1, -0.05) is 23.7 Å². The number of hydrogen-bond donors (Lipinski definition) is 1. The molecular formula is C20H15ClN2O4. The van der Waals surface area contributed by atoms with Crippen LogP contribution in [0.5, 0.6) is 11.5 Å². The van der Waals surface area contributed by atoms with Crippen molar-refractivity contribution < 1.29 is 19.1 Å². The fourth-order valence-corrected chi connectivity index (χ4v) is 3.82. The minimum atomic E-state index is -0.779. The van der Waals surface area contributed by atoms with Crippen molar-refractivity contribution in [2.24, 2.45) is 0 Å². The van der Waals surface area contributed by atoms with Gasteiger partial charge in [0.15, 0.2) is 11.8 Å². The molecule has 0 aromatic heterocycles. The summed E-state index contributed by atoms with van der Waals surface area (Å²) >= 11 is 6.18. The number of carbonyl (C=O) groups is 2. The summed E-state index contributed by atoms with van der Waals surface area (Å²) in [4.78, 5) is 26.7. The molecule has 136 valence electrons. The number of imide groups is 1. The van der Waals surface area contributed by atoms with E-state index in [1.165, 1.54) is 0 Å². The molecule has 2 amide bonds. The Morgan fingerprint density at radius 2 is 2.07 bits per heavy atom. The molecule has 0 saturated carbocycles. The first-order valence-corrected chi connectivity index (χ1v) is 8.92. The van der Waals surface area contributed by atoms with E-state index in [4.69, 9.17) is 27.6 Å². The van der Waals surface area contributed by atoms with E-state index in [-0.39, 0.29) is 11.8 Å². The van der Waals surface area contributed by atoms with Gasteiger partial charge in [-0.3, -0.25) is 10.1 Å². The maximum atomic E-state index is 12.0. The minimum absolute atomic E-state index is 0.157. The van der Waals surface area contributed by atoms with E-state index in [1.807, 2.05) is 18.2 Å². The third-order valence-corrected chi connectivity index (χ3v) is 5.13. The van der Waals surface area contributed by atoms with Gasteiger partial charge in [0, 0.05) is 5.92 Å². The number of nitrogens with one attached hydrogen (secondary N) is 1. The van der Waals surface area contributed by atoms with Gasteiger partial charge in [0.2, 0.25) is 0 Å². The second-order valence-electron chi connectivity index (χ2n) is 6.50. The lowest BCUT2D eigenvalue weighted by atomic mass is 9.79. The molecule has 6 nitrogen and oxygen atoms in total. The average Bonchev–Trinajstić information content (AvgIpc) is 3.00. The number of fused-ring (bicyclic) bond motifs is 1. The predicted molar refractivity (Wildman–Crippen MR) is 98.3 cm³/mol. The Morgan fingerprint density at radius 1 is 1.22 bits per heavy atom. The summed E-state index contributed by atoms with van der Waals surface area (Å²) < 4.78 is 11.0. The van der Waals surface area contributed by atoms with Crippen LogP contribution in [0.3, 0.4) is 0 Å². The highest BCUT2D eigenvalue weighted by Gasteiger charge is 2.41. The maximum Gasteiger partial charge on any atom is 0.414 e. The van der Waals surface area contributed by atoms with E-state index in [0.29, 0.717) is 22.2 Å². The van der Waals surface area contributed by atoms with Crippen LogP contribution in [0.4, 0.5) is 10.5 Å². The zero-order valence-corrected chi connectivity index (χ0v) is 15.0. The molecule has 2 aliphatic rings. The number of alkyl carbamates (subject to hydrolysis) is 1. The highest BCUT2D eigenvalue weighted by molar-refractivity contribution is 6.32. The number of halogens is 1. The van der Waals surface area contributed by atoms with E-state index in [9.17, 15) is 9.59 Å². The van der Waals surface area contributed by atoms with Crippen LogP contribution in [-0.2, 0) is 16.0 Å². The first-order valence-electron chi connectivity index (χ1n) is 8.54. The van der Waals surface area contributed by atoms with Gasteiger partial charge in [0.1, 0.15) is 11.5 Å². The standard InChI is InChI=1S/C20H15ClN2O4/c1-22-12-5-8-17(16(21)10-12)26-13-6-7-14-11(9-13)3-2-4-15(14)18-19(24)23-20(25)27-18/h5-10,15,18H,2-4H2,(H,23,24,25)/t15-,18+/m1/s1. The monoisotopic (exact) mass is 382 g/mol. The van der Waals surface area contributed by atoms with E-state index in [1.54, 1.807) is 18.2 Å². The average molecular weight is 383 g/mol. The summed E-state index contributed by atoms with van der Waals surface area (Å²) in [5, 5.41) is 2.56. The lowest BCUT2D eigenvalue weighted by Gasteiger charge is -2.28. The molecule has 1 saturated heterocycles. The predicted octanol–water partition coefficient (Wildman–Crippen LogP) is 4.74. The zero-order valence-electron chi connectivity index (χ0n) is 14.2. The molecule has 27 heavy (non-hydrogen) atoms. The first-order chi connectivity index (χ1) is 13.0. The van der Waals surface area contributed by atoms with Gasteiger partial charge in [0.05, 0.1) is 11.6 Å². The molecule has 0 unspecified atom stereocenters. The highest BCUT2D eigenvalue weighted by atomic mass is 35.5. The van der Waals surface area contributed by atoms with Crippen LogP contribution < -0.4 is 10.1 Å². The van der Waals surface area contributed by atoms with Crippen molar-refractivity contribution in [2.45, 2.75) is 31.3 Å². The van der Waals surface area contributed by atoms with Gasteiger partial charge in [0.25, 0.3) is 5.91 Å². The fraction of sp³-hybridized carbons (Fsp3) is 0.250. The molecular weight excluding hydrogens is 368 g/mol. The summed E-state index contributed by atoms with van der Waals surface area (Å²) in [6, 6.07) is 10.5. The molecule has 4 rings (SSSR count). The number of ether oxygens (including phenoxy) is 2. The molecule has 0 radical (unpaired) electrons. The van der Waals surface area contributed by atoms with Crippen molar-refractivity contribution >= 4 is 29.3 Å². The highest BCUT2D eigenvalue weighted by Crippen LogP contribution is 2.39. The SMILES string of the molecule is [C-]#[N+]c1ccc(Oc2ccc3c(c2)CCC[C@H]3[C@@H]2OC(=O)NC2=O)c(Cl)c1. The number of rotatable bonds is 3. The summed E-state index contributed by atoms with van der Waals surface area (Å²) in [6.07, 6.45) is 1.06. The summed E-state index contributed by atoms with van der Waals surface area (Å²) in [5.74, 6) is 0.556. The third-order valence-electron chi connectivity index (χ3n) is 4.83. The molecule has 1 aliphatic heterocycles. The van der Waals surface area contributed by atoms with Gasteiger partial charge in [-0.05, 0) is 54.7 Å². The van der Waals surface area contributed by atoms with Crippen molar-refractivity contribution in [3.8, 4) is 11.5 Å². The van der Waals surface area contributed by atoms with Crippen molar-refractivity contribution in [1.82, 2.24) is 5.32 Å². The van der Waals surface area contributed by atoms with Crippen molar-refractivity contribution in [1.29, 1.82) is 0 Å². The quantitative estimate of drug-likeness (QED) is 0.778. The van der Waals surface area contributed by atoms with Crippen molar-refractivity contribution in [3.63, 3.8) is 0 Å². The Kier molecular flexibility index (Phi) is 4.46. The number of amides is 2. The Morgan fingerprint density at radius 3 is 2.78 bits per heavy atom. The molecule has 1 fully saturated rings. The lowest BCUT2D eigenvalue weighted by molar-refractivity contribution is -0.124. The van der Waals surface area contributed by atoms with Gasteiger partial charge in [-0.15, -0.1) is 0 Å². The van der Waals surface area contributed by atoms with Crippen LogP contribution in [0.15, 0.2) is 36.4 Å². The molecule has 2 aromatic rings. The van der Waals surface area contributed by atoms with Crippen molar-refractivity contribution in [3.05, 3.63) is 64.0 Å². The number of aryl methyl sites for hydroxylation is 1. The fourth-order valence-electron chi connectivity index (χ4n) is 3.61. The van der Waals surface area contributed by atoms with Crippen LogP contribution in [0.1, 0.15) is 29.9 Å². The Labute approximate surface area is 160 Å². The Balaban J connectivity index is 1.59. The Hall–Kier alpha value is -3.04. The second-order valence-corrected chi connectivity index (χ2v) is 6.91. The Bertz CT molecular complexity index is 982. The maximum absolute atomic E-state index is 12.0. The van der Waals surface area contributed by atoms with Crippen LogP contribution in [-0.4, -0.2) is 18.1 Å². The number of carbonyl (C=O) groups excluding carboxylic acids is 2. The van der Waals surface area contributed by atoms with Crippen LogP contribution in [0.25, 0.3) is 4.85 Å². The molecule has 1 N–H and O–H groups in total. The van der Waals surface area contributed by atoms with E-state index in [0.717, 1.165) is 30.4 Å². The van der Waals surface area contributed by atoms with Crippen LogP contribution in [0.2, 0.25) is 5.02 Å². The number of cyclic esters (lactones) is 1. The minimum Gasteiger partial charge on any atom is -0.456 e. The number of hydrogen-bond acceptors (Lipinski definition) is 4. The zero-order chi connectivity index (χ0) is 19.0. The molecule has 7 heteroatoms. The van der Waals surface area contributed by atoms with Gasteiger partial charge in [-0.25, -0.2) is 9.64 Å². The van der Waals surface area contributed by atoms with Gasteiger partial charge < -0.3 is 9.47 Å². The normalized spacial score (nSPS) is 21.0. The summed E-state index contributed by atoms with van der Waals surface area (Å²) in [7, 11) is 0. The van der Waals surface area contributed by atoms with E-state index < -0.39 is 12.2 Å². The smallest absolute Gasteiger partial charge is 0.414 e. The lowest BCUT2D eigenvalue weighted by Crippen LogP contribution is -2.31. The van der Waals surface area contributed by atoms with Crippen molar-refractivity contribution in [2.75, 3.05) is 0 Å². The molecule has 1 aliphatic carbocycles. The summed E-state index contributed by atoms with van der Waals surface area (Å²) in [5.41, 5.74) is 2.51. The van der Waals surface area contributed by atoms with Crippen LogP contribution >= 0.6 is 11.6 Å². The molecule has 1 heterocycles. The molecule has 0 bridgehead atoms. The van der Waals surface area contributed by atoms with Crippen LogP contribution in [0, 0.1) is 6.57 Å². The number of nitrogens with zero attached hydrogens (tertiary/aromatic N) is 1. The largest absolute Gasteiger partial charge is 0.456 e. The second kappa shape index (κ2) is 6.93. The van der Waals surface area contributed by atoms with Gasteiger partial charge in [-0.2, -0.15) is 0 Å². The van der Waals surface area contributed by atoms with E-state index >= 15 is 0 Å². The molecule has 0 spiro atoms. The van der Waals surface area contributed by atoms with E-state index in [2.05, 4.69) is 10.2 Å². The third kappa shape index (κ3) is 3.34. The van der Waals surface area contributed by atoms with Gasteiger partial charge >= 0.3 is 6.09 Å². The summed E-state index contributed by atoms with van der Waals surface area (Å²) in [6.45, 7) is 7.02.